The van der Waals surface area contributed by atoms with Gasteiger partial charge < -0.3 is 4.74 Å². The Labute approximate surface area is 115 Å². The molecule has 1 rings (SSSR count). The minimum atomic E-state index is -0.266. The Bertz CT molecular complexity index is 353. The molecule has 6 heteroatoms. The van der Waals surface area contributed by atoms with E-state index < -0.39 is 0 Å². The van der Waals surface area contributed by atoms with Crippen LogP contribution < -0.4 is 11.3 Å². The number of hydrogen-bond acceptors (Lipinski definition) is 5. The fraction of sp³-hybridized carbons (Fsp3) is 0.846. The molecule has 1 aromatic heterocycles. The highest BCUT2D eigenvalue weighted by atomic mass is 16.5. The van der Waals surface area contributed by atoms with Crippen molar-refractivity contribution in [2.45, 2.75) is 64.6 Å². The summed E-state index contributed by atoms with van der Waals surface area (Å²) in [6.45, 7) is 7.24. The maximum atomic E-state index is 5.74. The SMILES string of the molecule is CCCn1ncnc1CC(NN)C(CC)(CC)OC. The molecule has 0 spiro atoms. The molecule has 3 N–H and O–H groups in total. The van der Waals surface area contributed by atoms with Crippen molar-refractivity contribution in [2.75, 3.05) is 7.11 Å². The van der Waals surface area contributed by atoms with Crippen LogP contribution in [0.3, 0.4) is 0 Å². The number of aromatic nitrogens is 3. The quantitative estimate of drug-likeness (QED) is 0.521. The molecule has 0 saturated heterocycles. The highest BCUT2D eigenvalue weighted by Crippen LogP contribution is 2.25. The second kappa shape index (κ2) is 7.57. The van der Waals surface area contributed by atoms with Gasteiger partial charge in [-0.3, -0.25) is 16.0 Å². The first-order valence-electron chi connectivity index (χ1n) is 7.05. The number of nitrogens with zero attached hydrogens (tertiary/aromatic N) is 3. The van der Waals surface area contributed by atoms with E-state index in [9.17, 15) is 0 Å². The summed E-state index contributed by atoms with van der Waals surface area (Å²) in [6.07, 6.45) is 5.15. The van der Waals surface area contributed by atoms with Gasteiger partial charge in [-0.2, -0.15) is 5.10 Å². The molecule has 0 aliphatic carbocycles. The van der Waals surface area contributed by atoms with Crippen molar-refractivity contribution in [3.05, 3.63) is 12.2 Å². The van der Waals surface area contributed by atoms with Crippen molar-refractivity contribution < 1.29 is 4.74 Å². The number of hydrogen-bond donors (Lipinski definition) is 2. The van der Waals surface area contributed by atoms with Crippen LogP contribution in [0.2, 0.25) is 0 Å². The van der Waals surface area contributed by atoms with Crippen LogP contribution in [-0.2, 0) is 17.7 Å². The summed E-state index contributed by atoms with van der Waals surface area (Å²) in [5.41, 5.74) is 2.63. The Kier molecular flexibility index (Phi) is 6.41. The Balaban J connectivity index is 2.89. The summed E-state index contributed by atoms with van der Waals surface area (Å²) < 4.78 is 7.68. The molecule has 0 aliphatic heterocycles. The molecule has 0 aliphatic rings. The number of hydrazine groups is 1. The maximum absolute atomic E-state index is 5.74. The van der Waals surface area contributed by atoms with Gasteiger partial charge in [0.25, 0.3) is 0 Å². The molecule has 1 heterocycles. The zero-order valence-corrected chi connectivity index (χ0v) is 12.5. The molecule has 0 aromatic carbocycles. The molecule has 0 amide bonds. The van der Waals surface area contributed by atoms with E-state index in [-0.39, 0.29) is 11.6 Å². The summed E-state index contributed by atoms with van der Waals surface area (Å²) in [5, 5.41) is 4.25. The number of nitrogens with one attached hydrogen (secondary N) is 1. The molecule has 1 aromatic rings. The first-order valence-corrected chi connectivity index (χ1v) is 7.05. The van der Waals surface area contributed by atoms with Crippen LogP contribution in [0.5, 0.6) is 0 Å². The van der Waals surface area contributed by atoms with E-state index in [1.54, 1.807) is 13.4 Å². The molecular formula is C13H27N5O. The van der Waals surface area contributed by atoms with Crippen molar-refractivity contribution >= 4 is 0 Å². The highest BCUT2D eigenvalue weighted by molar-refractivity contribution is 4.98. The van der Waals surface area contributed by atoms with E-state index >= 15 is 0 Å². The Morgan fingerprint density at radius 2 is 2.11 bits per heavy atom. The fourth-order valence-corrected chi connectivity index (χ4v) is 2.60. The van der Waals surface area contributed by atoms with E-state index in [0.717, 1.165) is 31.6 Å². The Hall–Kier alpha value is -0.980. The average Bonchev–Trinajstić information content (AvgIpc) is 2.87. The molecule has 110 valence electrons. The smallest absolute Gasteiger partial charge is 0.138 e. The molecule has 1 unspecified atom stereocenters. The third kappa shape index (κ3) is 3.52. The Morgan fingerprint density at radius 3 is 2.58 bits per heavy atom. The number of nitrogens with two attached hydrogens (primary N) is 1. The number of methoxy groups -OCH3 is 1. The Morgan fingerprint density at radius 1 is 1.42 bits per heavy atom. The van der Waals surface area contributed by atoms with Crippen molar-refractivity contribution in [1.29, 1.82) is 0 Å². The predicted molar refractivity (Wildman–Crippen MR) is 75.5 cm³/mol. The average molecular weight is 269 g/mol. The zero-order valence-electron chi connectivity index (χ0n) is 12.5. The minimum absolute atomic E-state index is 0.0207. The standard InChI is InChI=1S/C13H27N5O/c1-5-8-18-12(15-10-16-18)9-11(17-14)13(6-2,7-3)19-4/h10-11,17H,5-9,14H2,1-4H3. The molecule has 0 radical (unpaired) electrons. The van der Waals surface area contributed by atoms with E-state index in [4.69, 9.17) is 10.6 Å². The van der Waals surface area contributed by atoms with E-state index in [2.05, 4.69) is 36.3 Å². The van der Waals surface area contributed by atoms with Gasteiger partial charge in [0.05, 0.1) is 11.6 Å². The molecule has 19 heavy (non-hydrogen) atoms. The van der Waals surface area contributed by atoms with Crippen molar-refractivity contribution in [2.24, 2.45) is 5.84 Å². The van der Waals surface area contributed by atoms with Crippen molar-refractivity contribution in [3.63, 3.8) is 0 Å². The topological polar surface area (TPSA) is 78.0 Å². The summed E-state index contributed by atoms with van der Waals surface area (Å²) >= 11 is 0. The van der Waals surface area contributed by atoms with Crippen LogP contribution in [0, 0.1) is 0 Å². The van der Waals surface area contributed by atoms with Crippen LogP contribution in [0.15, 0.2) is 6.33 Å². The van der Waals surface area contributed by atoms with Gasteiger partial charge in [-0.25, -0.2) is 4.98 Å². The van der Waals surface area contributed by atoms with Gasteiger partial charge in [-0.1, -0.05) is 20.8 Å². The van der Waals surface area contributed by atoms with Gasteiger partial charge in [0.2, 0.25) is 0 Å². The molecule has 6 nitrogen and oxygen atoms in total. The third-order valence-corrected chi connectivity index (χ3v) is 3.96. The molecule has 0 bridgehead atoms. The van der Waals surface area contributed by atoms with Crippen LogP contribution in [0.25, 0.3) is 0 Å². The van der Waals surface area contributed by atoms with E-state index in [0.29, 0.717) is 6.42 Å². The van der Waals surface area contributed by atoms with Crippen LogP contribution in [0.1, 0.15) is 45.9 Å². The maximum Gasteiger partial charge on any atom is 0.138 e. The highest BCUT2D eigenvalue weighted by Gasteiger charge is 2.36. The van der Waals surface area contributed by atoms with Gasteiger partial charge in [0, 0.05) is 20.1 Å². The summed E-state index contributed by atoms with van der Waals surface area (Å²) in [7, 11) is 1.74. The molecular weight excluding hydrogens is 242 g/mol. The predicted octanol–water partition coefficient (Wildman–Crippen LogP) is 1.27. The lowest BCUT2D eigenvalue weighted by Crippen LogP contribution is -2.55. The zero-order chi connectivity index (χ0) is 14.3. The van der Waals surface area contributed by atoms with Gasteiger partial charge >= 0.3 is 0 Å². The van der Waals surface area contributed by atoms with Gasteiger partial charge in [0.15, 0.2) is 0 Å². The first-order chi connectivity index (χ1) is 9.17. The second-order valence-corrected chi connectivity index (χ2v) is 4.80. The van der Waals surface area contributed by atoms with Crippen molar-refractivity contribution in [3.8, 4) is 0 Å². The summed E-state index contributed by atoms with van der Waals surface area (Å²) in [5.74, 6) is 6.69. The molecule has 1 atom stereocenters. The summed E-state index contributed by atoms with van der Waals surface area (Å²) in [6, 6.07) is 0.0207. The normalized spacial score (nSPS) is 13.7. The van der Waals surface area contributed by atoms with Gasteiger partial charge in [-0.15, -0.1) is 0 Å². The van der Waals surface area contributed by atoms with E-state index in [1.807, 2.05) is 4.68 Å². The first kappa shape index (κ1) is 16.1. The van der Waals surface area contributed by atoms with Crippen molar-refractivity contribution in [1.82, 2.24) is 20.2 Å². The third-order valence-electron chi connectivity index (χ3n) is 3.96. The van der Waals surface area contributed by atoms with Crippen LogP contribution >= 0.6 is 0 Å². The monoisotopic (exact) mass is 269 g/mol. The largest absolute Gasteiger partial charge is 0.377 e. The lowest BCUT2D eigenvalue weighted by molar-refractivity contribution is -0.0479. The second-order valence-electron chi connectivity index (χ2n) is 4.80. The lowest BCUT2D eigenvalue weighted by Gasteiger charge is -2.37. The summed E-state index contributed by atoms with van der Waals surface area (Å²) in [4.78, 5) is 4.34. The minimum Gasteiger partial charge on any atom is -0.377 e. The lowest BCUT2D eigenvalue weighted by atomic mass is 9.86. The number of aryl methyl sites for hydroxylation is 1. The fourth-order valence-electron chi connectivity index (χ4n) is 2.60. The number of ether oxygens (including phenoxy) is 1. The van der Waals surface area contributed by atoms with Gasteiger partial charge in [0.1, 0.15) is 12.2 Å². The van der Waals surface area contributed by atoms with Crippen LogP contribution in [-0.4, -0.2) is 33.5 Å². The van der Waals surface area contributed by atoms with Crippen LogP contribution in [0.4, 0.5) is 0 Å². The van der Waals surface area contributed by atoms with Gasteiger partial charge in [-0.05, 0) is 19.3 Å². The molecule has 0 saturated carbocycles. The molecule has 0 fully saturated rings. The van der Waals surface area contributed by atoms with E-state index in [1.165, 1.54) is 0 Å². The number of rotatable bonds is 9.